The Morgan fingerprint density at radius 2 is 2.18 bits per heavy atom. The smallest absolute Gasteiger partial charge is 0.260 e. The molecule has 0 spiro atoms. The maximum atomic E-state index is 10.9. The summed E-state index contributed by atoms with van der Waals surface area (Å²) >= 11 is 1.18. The van der Waals surface area contributed by atoms with E-state index in [1.165, 1.54) is 23.7 Å². The fourth-order valence-corrected chi connectivity index (χ4v) is 1.89. The number of ether oxygens (including phenoxy) is 1. The SMILES string of the molecule is CCOc1cnc(-c2ncc(C(N)=O)s2)cn1. The number of carbonyl (C=O) groups is 1. The van der Waals surface area contributed by atoms with Crippen molar-refractivity contribution in [3.63, 3.8) is 0 Å². The number of aromatic nitrogens is 3. The Bertz CT molecular complexity index is 523. The van der Waals surface area contributed by atoms with E-state index in [1.807, 2.05) is 6.92 Å². The van der Waals surface area contributed by atoms with E-state index in [2.05, 4.69) is 15.0 Å². The van der Waals surface area contributed by atoms with Gasteiger partial charge in [-0.15, -0.1) is 11.3 Å². The fourth-order valence-electron chi connectivity index (χ4n) is 1.16. The topological polar surface area (TPSA) is 91.0 Å². The van der Waals surface area contributed by atoms with Gasteiger partial charge >= 0.3 is 0 Å². The van der Waals surface area contributed by atoms with E-state index in [1.54, 1.807) is 6.20 Å². The van der Waals surface area contributed by atoms with Crippen LogP contribution in [0.1, 0.15) is 16.6 Å². The first kappa shape index (κ1) is 11.5. The highest BCUT2D eigenvalue weighted by molar-refractivity contribution is 7.16. The van der Waals surface area contributed by atoms with Gasteiger partial charge in [-0.3, -0.25) is 4.79 Å². The molecule has 88 valence electrons. The second-order valence-electron chi connectivity index (χ2n) is 3.07. The van der Waals surface area contributed by atoms with E-state index in [-0.39, 0.29) is 0 Å². The van der Waals surface area contributed by atoms with Gasteiger partial charge in [0.15, 0.2) is 0 Å². The molecule has 0 unspecified atom stereocenters. The zero-order valence-corrected chi connectivity index (χ0v) is 9.90. The predicted octanol–water partition coefficient (Wildman–Crippen LogP) is 1.10. The van der Waals surface area contributed by atoms with E-state index >= 15 is 0 Å². The van der Waals surface area contributed by atoms with Crippen LogP contribution in [0.25, 0.3) is 10.7 Å². The average molecular weight is 250 g/mol. The van der Waals surface area contributed by atoms with Crippen LogP contribution in [0.15, 0.2) is 18.6 Å². The lowest BCUT2D eigenvalue weighted by Gasteiger charge is -2.00. The van der Waals surface area contributed by atoms with Gasteiger partial charge in [0.2, 0.25) is 5.88 Å². The zero-order chi connectivity index (χ0) is 12.3. The number of nitrogens with two attached hydrogens (primary N) is 1. The summed E-state index contributed by atoms with van der Waals surface area (Å²) in [5.74, 6) is -0.0319. The molecule has 0 fully saturated rings. The number of rotatable bonds is 4. The average Bonchev–Trinajstić information content (AvgIpc) is 2.80. The van der Waals surface area contributed by atoms with Crippen molar-refractivity contribution in [1.29, 1.82) is 0 Å². The van der Waals surface area contributed by atoms with Crippen molar-refractivity contribution in [1.82, 2.24) is 15.0 Å². The molecule has 0 aliphatic heterocycles. The third-order valence-electron chi connectivity index (χ3n) is 1.89. The number of amides is 1. The molecule has 2 aromatic heterocycles. The molecule has 0 aliphatic carbocycles. The molecule has 2 rings (SSSR count). The Hall–Kier alpha value is -2.02. The molecule has 17 heavy (non-hydrogen) atoms. The summed E-state index contributed by atoms with van der Waals surface area (Å²) in [6.07, 6.45) is 4.50. The van der Waals surface area contributed by atoms with Crippen LogP contribution in [0.2, 0.25) is 0 Å². The van der Waals surface area contributed by atoms with E-state index in [9.17, 15) is 4.79 Å². The number of hydrogen-bond donors (Lipinski definition) is 1. The van der Waals surface area contributed by atoms with Crippen molar-refractivity contribution in [2.24, 2.45) is 5.73 Å². The zero-order valence-electron chi connectivity index (χ0n) is 9.08. The van der Waals surface area contributed by atoms with Gasteiger partial charge in [-0.25, -0.2) is 15.0 Å². The summed E-state index contributed by atoms with van der Waals surface area (Å²) < 4.78 is 5.18. The number of carbonyl (C=O) groups excluding carboxylic acids is 1. The van der Waals surface area contributed by atoms with E-state index in [0.717, 1.165) is 0 Å². The van der Waals surface area contributed by atoms with Crippen LogP contribution in [0.4, 0.5) is 0 Å². The first-order chi connectivity index (χ1) is 8.20. The van der Waals surface area contributed by atoms with Gasteiger partial charge in [-0.1, -0.05) is 0 Å². The van der Waals surface area contributed by atoms with Gasteiger partial charge in [-0.2, -0.15) is 0 Å². The molecule has 2 N–H and O–H groups in total. The van der Waals surface area contributed by atoms with Gasteiger partial charge in [0.25, 0.3) is 5.91 Å². The highest BCUT2D eigenvalue weighted by Gasteiger charge is 2.10. The van der Waals surface area contributed by atoms with Gasteiger partial charge in [-0.05, 0) is 6.92 Å². The van der Waals surface area contributed by atoms with E-state index in [4.69, 9.17) is 10.5 Å². The molecule has 0 saturated heterocycles. The molecule has 0 bridgehead atoms. The molecular formula is C10H10N4O2S. The number of hydrogen-bond acceptors (Lipinski definition) is 6. The number of thiazole rings is 1. The minimum atomic E-state index is -0.493. The summed E-state index contributed by atoms with van der Waals surface area (Å²) in [6, 6.07) is 0. The van der Waals surface area contributed by atoms with Gasteiger partial charge in [0.05, 0.1) is 25.2 Å². The van der Waals surface area contributed by atoms with Gasteiger partial charge in [0.1, 0.15) is 15.6 Å². The minimum Gasteiger partial charge on any atom is -0.477 e. The van der Waals surface area contributed by atoms with Gasteiger partial charge in [0, 0.05) is 0 Å². The summed E-state index contributed by atoms with van der Waals surface area (Å²) in [7, 11) is 0. The van der Waals surface area contributed by atoms with Crippen LogP contribution in [0.5, 0.6) is 5.88 Å². The molecule has 0 radical (unpaired) electrons. The minimum absolute atomic E-state index is 0.399. The third kappa shape index (κ3) is 2.56. The van der Waals surface area contributed by atoms with E-state index < -0.39 is 5.91 Å². The fraction of sp³-hybridized carbons (Fsp3) is 0.200. The number of nitrogens with zero attached hydrogens (tertiary/aromatic N) is 3. The molecular weight excluding hydrogens is 240 g/mol. The van der Waals surface area contributed by atoms with Crippen molar-refractivity contribution < 1.29 is 9.53 Å². The summed E-state index contributed by atoms with van der Waals surface area (Å²) in [6.45, 7) is 2.41. The lowest BCUT2D eigenvalue weighted by molar-refractivity contribution is 0.100. The lowest BCUT2D eigenvalue weighted by Crippen LogP contribution is -2.08. The quantitative estimate of drug-likeness (QED) is 0.877. The van der Waals surface area contributed by atoms with Crippen LogP contribution in [-0.2, 0) is 0 Å². The van der Waals surface area contributed by atoms with Crippen molar-refractivity contribution in [3.8, 4) is 16.6 Å². The Kier molecular flexibility index (Phi) is 3.29. The second kappa shape index (κ2) is 4.88. The normalized spacial score (nSPS) is 10.2. The van der Waals surface area contributed by atoms with Crippen LogP contribution >= 0.6 is 11.3 Å². The third-order valence-corrected chi connectivity index (χ3v) is 2.92. The Labute approximate surface area is 101 Å². The highest BCUT2D eigenvalue weighted by Crippen LogP contribution is 2.23. The van der Waals surface area contributed by atoms with Crippen molar-refractivity contribution in [2.75, 3.05) is 6.61 Å². The summed E-state index contributed by atoms with van der Waals surface area (Å²) in [5.41, 5.74) is 5.73. The van der Waals surface area contributed by atoms with Crippen molar-refractivity contribution >= 4 is 17.2 Å². The van der Waals surface area contributed by atoms with Crippen LogP contribution in [-0.4, -0.2) is 27.5 Å². The number of primary amides is 1. The van der Waals surface area contributed by atoms with Crippen LogP contribution < -0.4 is 10.5 Å². The first-order valence-electron chi connectivity index (χ1n) is 4.91. The standard InChI is InChI=1S/C10H10N4O2S/c1-2-16-8-5-12-6(3-13-8)10-14-4-7(17-10)9(11)15/h3-5H,2H2,1H3,(H2,11,15). The van der Waals surface area contributed by atoms with Crippen molar-refractivity contribution in [3.05, 3.63) is 23.5 Å². The van der Waals surface area contributed by atoms with Crippen LogP contribution in [0.3, 0.4) is 0 Å². The molecule has 6 nitrogen and oxygen atoms in total. The van der Waals surface area contributed by atoms with E-state index in [0.29, 0.717) is 28.1 Å². The Morgan fingerprint density at radius 3 is 2.71 bits per heavy atom. The van der Waals surface area contributed by atoms with Crippen LogP contribution in [0, 0.1) is 0 Å². The molecule has 0 aromatic carbocycles. The Morgan fingerprint density at radius 1 is 1.35 bits per heavy atom. The summed E-state index contributed by atoms with van der Waals surface area (Å²) in [5, 5.41) is 0.606. The monoisotopic (exact) mass is 250 g/mol. The molecule has 2 heterocycles. The lowest BCUT2D eigenvalue weighted by atomic mass is 10.5. The van der Waals surface area contributed by atoms with Gasteiger partial charge < -0.3 is 10.5 Å². The largest absolute Gasteiger partial charge is 0.477 e. The predicted molar refractivity (Wildman–Crippen MR) is 62.8 cm³/mol. The first-order valence-corrected chi connectivity index (χ1v) is 5.73. The van der Waals surface area contributed by atoms with Crippen molar-refractivity contribution in [2.45, 2.75) is 6.92 Å². The molecule has 0 saturated carbocycles. The maximum absolute atomic E-state index is 10.9. The Balaban J connectivity index is 2.23. The highest BCUT2D eigenvalue weighted by atomic mass is 32.1. The molecule has 0 atom stereocenters. The molecule has 1 amide bonds. The maximum Gasteiger partial charge on any atom is 0.260 e. The molecule has 0 aliphatic rings. The molecule has 7 heteroatoms. The second-order valence-corrected chi connectivity index (χ2v) is 4.10. The molecule has 2 aromatic rings. The summed E-state index contributed by atoms with van der Waals surface area (Å²) in [4.78, 5) is 23.6.